The quantitative estimate of drug-likeness (QED) is 0.157. The maximum Gasteiger partial charge on any atom is 0.102 e. The van der Waals surface area contributed by atoms with Crippen LogP contribution in [-0.2, 0) is 17.1 Å². The van der Waals surface area contributed by atoms with Crippen molar-refractivity contribution in [3.63, 3.8) is 0 Å². The molecule has 3 heteroatoms. The Morgan fingerprint density at radius 1 is 0.205 bits per heavy atom. The van der Waals surface area contributed by atoms with Crippen molar-refractivity contribution in [2.24, 2.45) is 0 Å². The molecule has 0 heterocycles. The van der Waals surface area contributed by atoms with Crippen molar-refractivity contribution < 1.29 is 17.1 Å². The van der Waals surface area contributed by atoms with Crippen LogP contribution in [-0.4, -0.2) is 0 Å². The number of hydrogen-bond acceptors (Lipinski definition) is 0. The molecule has 0 bridgehead atoms. The van der Waals surface area contributed by atoms with Gasteiger partial charge in [-0.3, -0.25) is 0 Å². The zero-order valence-corrected chi connectivity index (χ0v) is 24.6. The maximum absolute atomic E-state index is 2.24. The molecule has 1 radical (unpaired) electrons. The fourth-order valence-electron chi connectivity index (χ4n) is 4.63. The van der Waals surface area contributed by atoms with E-state index in [-0.39, 0.29) is 17.1 Å². The number of rotatable bonds is 6. The molecule has 6 aromatic carbocycles. The molecule has 0 atom stereocenters. The number of hydrogen-bond donors (Lipinski definition) is 0. The third-order valence-corrected chi connectivity index (χ3v) is 11.8. The minimum absolute atomic E-state index is 0. The van der Waals surface area contributed by atoms with Crippen LogP contribution in [0.1, 0.15) is 0 Å². The van der Waals surface area contributed by atoms with Gasteiger partial charge in [0.25, 0.3) is 0 Å². The summed E-state index contributed by atoms with van der Waals surface area (Å²) in [6.07, 6.45) is 0. The van der Waals surface area contributed by atoms with E-state index in [1.54, 1.807) is 0 Å². The van der Waals surface area contributed by atoms with Crippen LogP contribution in [0.2, 0.25) is 0 Å². The van der Waals surface area contributed by atoms with E-state index >= 15 is 0 Å². The van der Waals surface area contributed by atoms with Gasteiger partial charge in [-0.2, -0.15) is 0 Å². The van der Waals surface area contributed by atoms with E-state index in [4.69, 9.17) is 0 Å². The summed E-state index contributed by atoms with van der Waals surface area (Å²) in [6, 6.07) is 65.0. The molecule has 0 unspecified atom stereocenters. The van der Waals surface area contributed by atoms with Crippen LogP contribution in [0.4, 0.5) is 0 Å². The molecule has 0 aromatic heterocycles. The summed E-state index contributed by atoms with van der Waals surface area (Å²) in [6.45, 7) is 0. The van der Waals surface area contributed by atoms with Crippen LogP contribution in [0.15, 0.2) is 182 Å². The molecule has 0 amide bonds. The van der Waals surface area contributed by atoms with Gasteiger partial charge in [0, 0.05) is 17.1 Å². The largest absolute Gasteiger partial charge is 0.102 e. The van der Waals surface area contributed by atoms with Gasteiger partial charge < -0.3 is 0 Å². The predicted molar refractivity (Wildman–Crippen MR) is 173 cm³/mol. The molecule has 195 valence electrons. The van der Waals surface area contributed by atoms with Crippen LogP contribution in [0, 0.1) is 0 Å². The van der Waals surface area contributed by atoms with Crippen molar-refractivity contribution in [2.45, 2.75) is 0 Å². The van der Waals surface area contributed by atoms with Crippen molar-refractivity contribution in [1.82, 2.24) is 0 Å². The van der Waals surface area contributed by atoms with E-state index in [9.17, 15) is 0 Å². The van der Waals surface area contributed by atoms with E-state index in [0.29, 0.717) is 0 Å². The normalized spacial score (nSPS) is 10.3. The molecule has 0 saturated carbocycles. The van der Waals surface area contributed by atoms with E-state index in [2.05, 4.69) is 182 Å². The average molecular weight is 590 g/mol. The maximum atomic E-state index is 2.24. The summed E-state index contributed by atoms with van der Waals surface area (Å²) >= 11 is 0. The molecular weight excluding hydrogens is 558 g/mol. The van der Waals surface area contributed by atoms with E-state index in [1.165, 1.54) is 31.8 Å². The van der Waals surface area contributed by atoms with Gasteiger partial charge in [0.1, 0.15) is 31.8 Å². The number of benzene rings is 6. The topological polar surface area (TPSA) is 0 Å². The van der Waals surface area contributed by atoms with Crippen LogP contribution >= 0.6 is 15.8 Å². The molecule has 0 saturated heterocycles. The first kappa shape index (κ1) is 28.7. The third-order valence-electron chi connectivity index (χ3n) is 6.37. The van der Waals surface area contributed by atoms with Crippen molar-refractivity contribution in [3.8, 4) is 0 Å². The molecule has 0 nitrogen and oxygen atoms in total. The van der Waals surface area contributed by atoms with Crippen LogP contribution in [0.25, 0.3) is 0 Å². The van der Waals surface area contributed by atoms with Gasteiger partial charge in [-0.05, 0) is 72.8 Å². The molecular formula is C36H32CuP2+2. The van der Waals surface area contributed by atoms with Crippen molar-refractivity contribution >= 4 is 47.7 Å². The Morgan fingerprint density at radius 3 is 0.462 bits per heavy atom. The van der Waals surface area contributed by atoms with Gasteiger partial charge >= 0.3 is 0 Å². The van der Waals surface area contributed by atoms with Crippen molar-refractivity contribution in [1.29, 1.82) is 0 Å². The van der Waals surface area contributed by atoms with E-state index in [0.717, 1.165) is 0 Å². The summed E-state index contributed by atoms with van der Waals surface area (Å²) in [7, 11) is -1.75. The molecule has 0 fully saturated rings. The predicted octanol–water partition coefficient (Wildman–Crippen LogP) is 6.35. The fourth-order valence-corrected chi connectivity index (χ4v) is 9.78. The Kier molecular flexibility index (Phi) is 11.3. The minimum atomic E-state index is -0.877. The average Bonchev–Trinajstić information content (AvgIpc) is 3.01. The monoisotopic (exact) mass is 589 g/mol. The van der Waals surface area contributed by atoms with Gasteiger partial charge in [-0.1, -0.05) is 109 Å². The third kappa shape index (κ3) is 7.86. The van der Waals surface area contributed by atoms with E-state index in [1.807, 2.05) is 0 Å². The van der Waals surface area contributed by atoms with Gasteiger partial charge in [-0.15, -0.1) is 0 Å². The molecule has 39 heavy (non-hydrogen) atoms. The Hall–Kier alpha value is -3.30. The first-order valence-electron chi connectivity index (χ1n) is 13.0. The first-order chi connectivity index (χ1) is 18.9. The van der Waals surface area contributed by atoms with Crippen LogP contribution in [0.5, 0.6) is 0 Å². The summed E-state index contributed by atoms with van der Waals surface area (Å²) in [5.74, 6) is 0. The van der Waals surface area contributed by atoms with Crippen LogP contribution < -0.4 is 31.8 Å². The van der Waals surface area contributed by atoms with Gasteiger partial charge in [-0.25, -0.2) is 0 Å². The Morgan fingerprint density at radius 2 is 0.333 bits per heavy atom. The SMILES string of the molecule is [Cu].c1ccc([PH+](c2ccccc2)c2ccccc2)cc1.c1ccc([PH+](c2ccccc2)c2ccccc2)cc1. The molecule has 0 aliphatic rings. The second-order valence-corrected chi connectivity index (χ2v) is 13.9. The first-order valence-corrected chi connectivity index (χ1v) is 16.0. The second-order valence-electron chi connectivity index (χ2n) is 8.95. The van der Waals surface area contributed by atoms with Crippen molar-refractivity contribution in [2.75, 3.05) is 0 Å². The zero-order chi connectivity index (χ0) is 25.8. The Labute approximate surface area is 245 Å². The van der Waals surface area contributed by atoms with Gasteiger partial charge in [0.2, 0.25) is 0 Å². The molecule has 0 N–H and O–H groups in total. The van der Waals surface area contributed by atoms with E-state index < -0.39 is 15.8 Å². The summed E-state index contributed by atoms with van der Waals surface area (Å²) in [4.78, 5) is 0. The molecule has 0 spiro atoms. The summed E-state index contributed by atoms with van der Waals surface area (Å²) < 4.78 is 0. The van der Waals surface area contributed by atoms with Gasteiger partial charge in [0.15, 0.2) is 0 Å². The van der Waals surface area contributed by atoms with Crippen molar-refractivity contribution in [3.05, 3.63) is 182 Å². The zero-order valence-electron chi connectivity index (χ0n) is 21.6. The summed E-state index contributed by atoms with van der Waals surface area (Å²) in [5, 5.41) is 8.61. The summed E-state index contributed by atoms with van der Waals surface area (Å²) in [5.41, 5.74) is 0. The van der Waals surface area contributed by atoms with Crippen LogP contribution in [0.3, 0.4) is 0 Å². The molecule has 6 rings (SSSR count). The molecule has 0 aliphatic carbocycles. The Balaban J connectivity index is 0.000000176. The standard InChI is InChI=1S/2C18H15P.Cu/c2*1-4-10-16(11-5-1)19(17-12-6-2-7-13-17)18-14-8-3-9-15-18;/h2*1-15H;/p+2. The minimum Gasteiger partial charge on any atom is -0.0620 e. The second kappa shape index (κ2) is 15.3. The molecule has 6 aromatic rings. The fraction of sp³-hybridized carbons (Fsp3) is 0. The van der Waals surface area contributed by atoms with Gasteiger partial charge in [0.05, 0.1) is 15.8 Å². The Bertz CT molecular complexity index is 1170. The molecule has 0 aliphatic heterocycles. The smallest absolute Gasteiger partial charge is 0.0620 e.